The van der Waals surface area contributed by atoms with Gasteiger partial charge in [0, 0.05) is 0 Å². The minimum absolute atomic E-state index is 0.0654. The predicted molar refractivity (Wildman–Crippen MR) is 76.8 cm³/mol. The zero-order valence-corrected chi connectivity index (χ0v) is 12.5. The number of piperidine rings is 2. The van der Waals surface area contributed by atoms with Gasteiger partial charge in [-0.05, 0) is 31.4 Å². The number of benzene rings is 1. The summed E-state index contributed by atoms with van der Waals surface area (Å²) in [6, 6.07) is 6.68. The Hall–Kier alpha value is -1.19. The number of rotatable bonds is 2. The van der Waals surface area contributed by atoms with E-state index in [1.807, 2.05) is 0 Å². The van der Waals surface area contributed by atoms with Crippen molar-refractivity contribution >= 4 is 5.78 Å². The molecule has 0 spiro atoms. The van der Waals surface area contributed by atoms with E-state index in [4.69, 9.17) is 0 Å². The zero-order valence-electron chi connectivity index (χ0n) is 12.5. The lowest BCUT2D eigenvalue weighted by molar-refractivity contribution is -1.13. The first-order chi connectivity index (χ1) is 9.56. The van der Waals surface area contributed by atoms with E-state index in [-0.39, 0.29) is 5.41 Å². The van der Waals surface area contributed by atoms with E-state index in [0.29, 0.717) is 11.7 Å². The molecule has 2 atom stereocenters. The highest BCUT2D eigenvalue weighted by atomic mass is 16.1. The van der Waals surface area contributed by atoms with Crippen LogP contribution < -0.4 is 9.80 Å². The number of Topliss-reactive ketones (excluding diaryl/α,β-unsaturated/α-hetero) is 1. The highest BCUT2D eigenvalue weighted by Crippen LogP contribution is 2.31. The fourth-order valence-corrected chi connectivity index (χ4v) is 4.97. The maximum absolute atomic E-state index is 12.9. The van der Waals surface area contributed by atoms with E-state index in [1.165, 1.54) is 23.4 Å². The topological polar surface area (TPSA) is 26.0 Å². The summed E-state index contributed by atoms with van der Waals surface area (Å²) in [5.74, 6) is 0.909. The van der Waals surface area contributed by atoms with Crippen LogP contribution in [0.3, 0.4) is 0 Å². The van der Waals surface area contributed by atoms with Crippen LogP contribution in [-0.2, 0) is 11.2 Å². The average molecular weight is 272 g/mol. The van der Waals surface area contributed by atoms with Crippen molar-refractivity contribution in [2.24, 2.45) is 11.3 Å². The Morgan fingerprint density at radius 2 is 1.90 bits per heavy atom. The van der Waals surface area contributed by atoms with Crippen molar-refractivity contribution in [3.63, 3.8) is 0 Å². The minimum Gasteiger partial charge on any atom is -0.298 e. The molecule has 1 aromatic rings. The van der Waals surface area contributed by atoms with Crippen LogP contribution >= 0.6 is 0 Å². The molecule has 3 nitrogen and oxygen atoms in total. The van der Waals surface area contributed by atoms with Crippen molar-refractivity contribution in [1.29, 1.82) is 0 Å². The molecule has 2 N–H and O–H groups in total. The third-order valence-electron chi connectivity index (χ3n) is 5.67. The Balaban J connectivity index is 1.68. The summed E-state index contributed by atoms with van der Waals surface area (Å²) in [4.78, 5) is 16.2. The Morgan fingerprint density at radius 1 is 1.20 bits per heavy atom. The van der Waals surface area contributed by atoms with Gasteiger partial charge in [0.2, 0.25) is 6.67 Å². The van der Waals surface area contributed by atoms with Gasteiger partial charge in [0.1, 0.15) is 24.4 Å². The Kier molecular flexibility index (Phi) is 2.60. The van der Waals surface area contributed by atoms with Crippen LogP contribution in [0.2, 0.25) is 0 Å². The molecule has 4 aliphatic heterocycles. The van der Waals surface area contributed by atoms with Crippen molar-refractivity contribution in [3.8, 4) is 0 Å². The average Bonchev–Trinajstić information content (AvgIpc) is 2.38. The molecule has 0 saturated carbocycles. The molecule has 4 aliphatic rings. The highest BCUT2D eigenvalue weighted by molar-refractivity contribution is 5.89. The molecule has 0 radical (unpaired) electrons. The van der Waals surface area contributed by atoms with E-state index in [1.54, 1.807) is 9.80 Å². The van der Waals surface area contributed by atoms with Crippen LogP contribution in [0.25, 0.3) is 0 Å². The summed E-state index contributed by atoms with van der Waals surface area (Å²) >= 11 is 0. The molecule has 4 heterocycles. The molecule has 106 valence electrons. The standard InChI is InChI=1S/C17H22N2O/c1-12-3-4-14(13(2)5-12)6-17-9-18-7-15(16(17)20)8-19(10-17)11-18/h3-5,15H,6-11H2,1-2H3/p+2. The molecule has 0 aliphatic carbocycles. The number of carbonyl (C=O) groups is 1. The highest BCUT2D eigenvalue weighted by Gasteiger charge is 2.61. The molecule has 0 aromatic heterocycles. The van der Waals surface area contributed by atoms with Gasteiger partial charge in [-0.1, -0.05) is 23.8 Å². The summed E-state index contributed by atoms with van der Waals surface area (Å²) in [7, 11) is 0. The fourth-order valence-electron chi connectivity index (χ4n) is 4.97. The molecule has 4 bridgehead atoms. The molecule has 3 heteroatoms. The molecule has 4 saturated heterocycles. The van der Waals surface area contributed by atoms with Gasteiger partial charge in [0.05, 0.1) is 13.1 Å². The smallest absolute Gasteiger partial charge is 0.204 e. The van der Waals surface area contributed by atoms with Crippen molar-refractivity contribution in [1.82, 2.24) is 0 Å². The predicted octanol–water partition coefficient (Wildman–Crippen LogP) is -1.21. The first kappa shape index (κ1) is 12.5. The summed E-state index contributed by atoms with van der Waals surface area (Å²) in [6.07, 6.45) is 0.960. The molecule has 20 heavy (non-hydrogen) atoms. The van der Waals surface area contributed by atoms with Crippen LogP contribution in [0.15, 0.2) is 18.2 Å². The molecular weight excluding hydrogens is 248 g/mol. The van der Waals surface area contributed by atoms with E-state index < -0.39 is 0 Å². The van der Waals surface area contributed by atoms with Crippen molar-refractivity contribution < 1.29 is 14.6 Å². The second-order valence-corrected chi connectivity index (χ2v) is 7.39. The lowest BCUT2D eigenvalue weighted by atomic mass is 9.66. The van der Waals surface area contributed by atoms with Crippen LogP contribution in [0.1, 0.15) is 16.7 Å². The number of hydrogen-bond donors (Lipinski definition) is 2. The monoisotopic (exact) mass is 272 g/mol. The van der Waals surface area contributed by atoms with Crippen LogP contribution in [0.4, 0.5) is 0 Å². The minimum atomic E-state index is -0.0654. The number of hydrogen-bond acceptors (Lipinski definition) is 1. The van der Waals surface area contributed by atoms with E-state index in [9.17, 15) is 4.79 Å². The van der Waals surface area contributed by atoms with Gasteiger partial charge in [0.15, 0.2) is 5.78 Å². The number of carbonyl (C=O) groups excluding carboxylic acids is 1. The Labute approximate surface area is 120 Å². The van der Waals surface area contributed by atoms with Gasteiger partial charge >= 0.3 is 0 Å². The summed E-state index contributed by atoms with van der Waals surface area (Å²) in [5, 5.41) is 0. The normalized spacial score (nSPS) is 38.5. The molecule has 0 amide bonds. The first-order valence-electron chi connectivity index (χ1n) is 7.83. The zero-order chi connectivity index (χ0) is 13.9. The number of nitrogens with one attached hydrogen (secondary N) is 2. The van der Waals surface area contributed by atoms with E-state index in [2.05, 4.69) is 32.0 Å². The van der Waals surface area contributed by atoms with Gasteiger partial charge in [-0.25, -0.2) is 0 Å². The number of ketones is 1. The van der Waals surface area contributed by atoms with Gasteiger partial charge in [-0.15, -0.1) is 0 Å². The van der Waals surface area contributed by atoms with Crippen molar-refractivity contribution in [2.75, 3.05) is 32.8 Å². The maximum atomic E-state index is 12.9. The fraction of sp³-hybridized carbons (Fsp3) is 0.588. The van der Waals surface area contributed by atoms with Gasteiger partial charge < -0.3 is 0 Å². The SMILES string of the molecule is Cc1ccc(CC23C[NH+]4CC(C[NH+](C4)C2)C3=O)c(C)c1. The van der Waals surface area contributed by atoms with Crippen LogP contribution in [-0.4, -0.2) is 38.6 Å². The molecule has 2 unspecified atom stereocenters. The van der Waals surface area contributed by atoms with Crippen molar-refractivity contribution in [3.05, 3.63) is 34.9 Å². The maximum Gasteiger partial charge on any atom is 0.204 e. The van der Waals surface area contributed by atoms with Crippen LogP contribution in [0, 0.1) is 25.2 Å². The summed E-state index contributed by atoms with van der Waals surface area (Å²) < 4.78 is 0. The Morgan fingerprint density at radius 3 is 2.55 bits per heavy atom. The second kappa shape index (κ2) is 4.15. The Bertz CT molecular complexity index is 566. The number of quaternary nitrogens is 2. The van der Waals surface area contributed by atoms with Gasteiger partial charge in [0.25, 0.3) is 0 Å². The molecule has 5 rings (SSSR count). The largest absolute Gasteiger partial charge is 0.298 e. The number of aryl methyl sites for hydroxylation is 2. The molecule has 4 fully saturated rings. The first-order valence-corrected chi connectivity index (χ1v) is 7.83. The van der Waals surface area contributed by atoms with Crippen molar-refractivity contribution in [2.45, 2.75) is 20.3 Å². The molecule has 1 aromatic carbocycles. The third-order valence-corrected chi connectivity index (χ3v) is 5.67. The van der Waals surface area contributed by atoms with Crippen LogP contribution in [0.5, 0.6) is 0 Å². The molecular formula is C17H24N2O+2. The van der Waals surface area contributed by atoms with Gasteiger partial charge in [-0.3, -0.25) is 14.6 Å². The lowest BCUT2D eigenvalue weighted by Gasteiger charge is -2.52. The third kappa shape index (κ3) is 1.76. The van der Waals surface area contributed by atoms with E-state index in [0.717, 1.165) is 32.6 Å². The quantitative estimate of drug-likeness (QED) is 0.694. The summed E-state index contributed by atoms with van der Waals surface area (Å²) in [6.45, 7) is 9.89. The van der Waals surface area contributed by atoms with Gasteiger partial charge in [-0.2, -0.15) is 0 Å². The second-order valence-electron chi connectivity index (χ2n) is 7.39. The summed E-state index contributed by atoms with van der Waals surface area (Å²) in [5.41, 5.74) is 3.98. The lowest BCUT2D eigenvalue weighted by Crippen LogP contribution is -3.40. The van der Waals surface area contributed by atoms with E-state index >= 15 is 0 Å².